The fraction of sp³-hybridized carbons (Fsp3) is 0. The molecule has 0 saturated carbocycles. The lowest BCUT2D eigenvalue weighted by Crippen LogP contribution is -2.12. The van der Waals surface area contributed by atoms with E-state index in [0.717, 1.165) is 5.56 Å². The summed E-state index contributed by atoms with van der Waals surface area (Å²) in [7, 11) is 0. The highest BCUT2D eigenvalue weighted by atomic mass is 35.5. The molecule has 0 aliphatic carbocycles. The zero-order chi connectivity index (χ0) is 15.5. The summed E-state index contributed by atoms with van der Waals surface area (Å²) in [5, 5.41) is 9.50. The maximum Gasteiger partial charge on any atom is 0.255 e. The van der Waals surface area contributed by atoms with Crippen molar-refractivity contribution < 1.29 is 4.79 Å². The van der Waals surface area contributed by atoms with Crippen molar-refractivity contribution in [2.75, 3.05) is 11.1 Å². The van der Waals surface area contributed by atoms with Crippen molar-refractivity contribution in [3.63, 3.8) is 0 Å². The van der Waals surface area contributed by atoms with Crippen LogP contribution in [-0.4, -0.2) is 26.1 Å². The summed E-state index contributed by atoms with van der Waals surface area (Å²) in [5.74, 6) is 0.478. The number of anilines is 2. The van der Waals surface area contributed by atoms with E-state index in [1.54, 1.807) is 18.2 Å². The Balaban J connectivity index is 1.84. The molecule has 2 heterocycles. The van der Waals surface area contributed by atoms with Gasteiger partial charge in [0.25, 0.3) is 5.91 Å². The van der Waals surface area contributed by atoms with Crippen LogP contribution in [0.4, 0.5) is 11.5 Å². The van der Waals surface area contributed by atoms with Gasteiger partial charge in [0.05, 0.1) is 0 Å². The average molecular weight is 315 g/mol. The number of benzene rings is 1. The van der Waals surface area contributed by atoms with Gasteiger partial charge in [0.1, 0.15) is 17.3 Å². The summed E-state index contributed by atoms with van der Waals surface area (Å²) in [6.07, 6.45) is 1.42. The third-order valence-electron chi connectivity index (χ3n) is 2.88. The molecule has 2 aromatic heterocycles. The van der Waals surface area contributed by atoms with Crippen LogP contribution in [0, 0.1) is 0 Å². The number of hydrogen-bond donors (Lipinski definition) is 3. The molecule has 8 heteroatoms. The number of nitrogens with two attached hydrogens (primary N) is 1. The molecule has 22 heavy (non-hydrogen) atoms. The molecular weight excluding hydrogens is 304 g/mol. The Kier molecular flexibility index (Phi) is 3.71. The van der Waals surface area contributed by atoms with Gasteiger partial charge >= 0.3 is 0 Å². The molecule has 0 spiro atoms. The van der Waals surface area contributed by atoms with Gasteiger partial charge in [0.15, 0.2) is 5.82 Å². The van der Waals surface area contributed by atoms with Gasteiger partial charge in [-0.25, -0.2) is 9.97 Å². The summed E-state index contributed by atoms with van der Waals surface area (Å²) in [4.78, 5) is 20.1. The number of carbonyl (C=O) groups is 1. The predicted molar refractivity (Wildman–Crippen MR) is 83.4 cm³/mol. The van der Waals surface area contributed by atoms with Crippen molar-refractivity contribution in [1.82, 2.24) is 20.2 Å². The highest BCUT2D eigenvalue weighted by Gasteiger charge is 2.10. The second-order valence-electron chi connectivity index (χ2n) is 4.47. The van der Waals surface area contributed by atoms with E-state index in [1.165, 1.54) is 18.5 Å². The molecule has 7 nitrogen and oxygen atoms in total. The fourth-order valence-corrected chi connectivity index (χ4v) is 2.16. The van der Waals surface area contributed by atoms with E-state index in [0.29, 0.717) is 17.1 Å². The Bertz CT molecular complexity index is 798. The number of amides is 1. The molecule has 0 saturated heterocycles. The van der Waals surface area contributed by atoms with Gasteiger partial charge in [-0.3, -0.25) is 9.89 Å². The largest absolute Gasteiger partial charge is 0.384 e. The quantitative estimate of drug-likeness (QED) is 0.643. The highest BCUT2D eigenvalue weighted by Crippen LogP contribution is 2.20. The van der Waals surface area contributed by atoms with Gasteiger partial charge in [0.2, 0.25) is 0 Å². The molecule has 0 radical (unpaired) electrons. The minimum atomic E-state index is -0.328. The molecule has 0 unspecified atom stereocenters. The maximum absolute atomic E-state index is 12.2. The number of carbonyl (C=O) groups excluding carboxylic acids is 1. The van der Waals surface area contributed by atoms with Crippen molar-refractivity contribution in [3.05, 3.63) is 53.4 Å². The van der Waals surface area contributed by atoms with Gasteiger partial charge in [-0.15, -0.1) is 0 Å². The number of pyridine rings is 1. The van der Waals surface area contributed by atoms with Gasteiger partial charge in [-0.05, 0) is 24.3 Å². The smallest absolute Gasteiger partial charge is 0.255 e. The molecule has 1 aromatic carbocycles. The molecule has 0 bridgehead atoms. The van der Waals surface area contributed by atoms with Crippen LogP contribution in [0.3, 0.4) is 0 Å². The van der Waals surface area contributed by atoms with E-state index in [9.17, 15) is 4.79 Å². The van der Waals surface area contributed by atoms with Crippen molar-refractivity contribution in [2.45, 2.75) is 0 Å². The lowest BCUT2D eigenvalue weighted by molar-refractivity contribution is 0.102. The molecule has 4 N–H and O–H groups in total. The van der Waals surface area contributed by atoms with E-state index in [-0.39, 0.29) is 16.9 Å². The number of halogens is 1. The minimum Gasteiger partial charge on any atom is -0.384 e. The van der Waals surface area contributed by atoms with Crippen LogP contribution in [0.1, 0.15) is 10.4 Å². The van der Waals surface area contributed by atoms with Crippen LogP contribution >= 0.6 is 11.6 Å². The highest BCUT2D eigenvalue weighted by molar-refractivity contribution is 6.30. The topological polar surface area (TPSA) is 110 Å². The first kappa shape index (κ1) is 14.0. The molecule has 0 fully saturated rings. The predicted octanol–water partition coefficient (Wildman–Crippen LogP) is 2.35. The lowest BCUT2D eigenvalue weighted by Gasteiger charge is -2.07. The van der Waals surface area contributed by atoms with Gasteiger partial charge in [-0.2, -0.15) is 5.10 Å². The molecule has 0 aliphatic heterocycles. The Morgan fingerprint density at radius 3 is 2.86 bits per heavy atom. The Morgan fingerprint density at radius 2 is 2.14 bits per heavy atom. The monoisotopic (exact) mass is 314 g/mol. The Labute approximate surface area is 130 Å². The Hall–Kier alpha value is -2.93. The summed E-state index contributed by atoms with van der Waals surface area (Å²) < 4.78 is 0. The molecule has 0 aliphatic rings. The van der Waals surface area contributed by atoms with Crippen molar-refractivity contribution in [3.8, 4) is 11.4 Å². The number of hydrogen-bond acceptors (Lipinski definition) is 5. The maximum atomic E-state index is 12.2. The minimum absolute atomic E-state index is 0.167. The van der Waals surface area contributed by atoms with E-state index in [2.05, 4.69) is 25.5 Å². The standard InChI is InChI=1S/C14H11ClN6O/c15-11-5-9(6-12(16)20-11)14(22)19-10-3-1-2-8(4-10)13-17-7-18-21-13/h1-7H,(H2,16,20)(H,19,22)(H,17,18,21). The van der Waals surface area contributed by atoms with E-state index >= 15 is 0 Å². The lowest BCUT2D eigenvalue weighted by atomic mass is 10.2. The SMILES string of the molecule is Nc1cc(C(=O)Nc2cccc(-c3ncn[nH]3)c2)cc(Cl)n1. The first-order chi connectivity index (χ1) is 10.6. The van der Waals surface area contributed by atoms with Crippen molar-refractivity contribution in [2.24, 2.45) is 0 Å². The van der Waals surface area contributed by atoms with Crippen LogP contribution in [0.15, 0.2) is 42.7 Å². The fourth-order valence-electron chi connectivity index (χ4n) is 1.94. The van der Waals surface area contributed by atoms with Crippen LogP contribution < -0.4 is 11.1 Å². The summed E-state index contributed by atoms with van der Waals surface area (Å²) in [5.41, 5.74) is 7.34. The van der Waals surface area contributed by atoms with Crippen LogP contribution in [0.2, 0.25) is 5.15 Å². The van der Waals surface area contributed by atoms with Crippen LogP contribution in [0.25, 0.3) is 11.4 Å². The normalized spacial score (nSPS) is 10.4. The zero-order valence-electron chi connectivity index (χ0n) is 11.2. The second kappa shape index (κ2) is 5.82. The van der Waals surface area contributed by atoms with Crippen LogP contribution in [-0.2, 0) is 0 Å². The molecule has 3 rings (SSSR count). The number of H-pyrrole nitrogens is 1. The number of aromatic amines is 1. The molecule has 0 atom stereocenters. The number of aromatic nitrogens is 4. The van der Waals surface area contributed by atoms with E-state index < -0.39 is 0 Å². The summed E-state index contributed by atoms with van der Waals surface area (Å²) in [6.45, 7) is 0. The van der Waals surface area contributed by atoms with E-state index in [4.69, 9.17) is 17.3 Å². The number of nitrogen functional groups attached to an aromatic ring is 1. The molecule has 1 amide bonds. The Morgan fingerprint density at radius 1 is 1.27 bits per heavy atom. The zero-order valence-corrected chi connectivity index (χ0v) is 12.0. The average Bonchev–Trinajstić information content (AvgIpc) is 3.00. The second-order valence-corrected chi connectivity index (χ2v) is 4.86. The van der Waals surface area contributed by atoms with Gasteiger partial charge in [0, 0.05) is 16.8 Å². The molecule has 3 aromatic rings. The first-order valence-corrected chi connectivity index (χ1v) is 6.70. The summed E-state index contributed by atoms with van der Waals surface area (Å²) >= 11 is 5.80. The number of nitrogens with zero attached hydrogens (tertiary/aromatic N) is 3. The van der Waals surface area contributed by atoms with Gasteiger partial charge in [-0.1, -0.05) is 23.7 Å². The third kappa shape index (κ3) is 3.04. The third-order valence-corrected chi connectivity index (χ3v) is 3.08. The molecule has 110 valence electrons. The summed E-state index contributed by atoms with van der Waals surface area (Å²) in [6, 6.07) is 10.1. The van der Waals surface area contributed by atoms with Crippen molar-refractivity contribution >= 4 is 29.0 Å². The van der Waals surface area contributed by atoms with Crippen LogP contribution in [0.5, 0.6) is 0 Å². The van der Waals surface area contributed by atoms with Gasteiger partial charge < -0.3 is 11.1 Å². The molecular formula is C14H11ClN6O. The number of nitrogens with one attached hydrogen (secondary N) is 2. The number of rotatable bonds is 3. The first-order valence-electron chi connectivity index (χ1n) is 6.32. The van der Waals surface area contributed by atoms with Crippen molar-refractivity contribution in [1.29, 1.82) is 0 Å². The van der Waals surface area contributed by atoms with E-state index in [1.807, 2.05) is 6.07 Å².